The first-order valence-corrected chi connectivity index (χ1v) is 8.86. The second-order valence-corrected chi connectivity index (χ2v) is 6.90. The summed E-state index contributed by atoms with van der Waals surface area (Å²) >= 11 is 0. The molecule has 0 unspecified atom stereocenters. The molecule has 0 amide bonds. The summed E-state index contributed by atoms with van der Waals surface area (Å²) in [6.07, 6.45) is 9.65. The van der Waals surface area contributed by atoms with Crippen molar-refractivity contribution >= 4 is 21.5 Å². The first kappa shape index (κ1) is 13.9. The molecule has 0 fully saturated rings. The van der Waals surface area contributed by atoms with Crippen molar-refractivity contribution in [2.45, 2.75) is 32.1 Å². The van der Waals surface area contributed by atoms with Gasteiger partial charge in [0, 0.05) is 6.42 Å². The molecule has 3 aromatic carbocycles. The predicted octanol–water partition coefficient (Wildman–Crippen LogP) is 6.06. The van der Waals surface area contributed by atoms with Gasteiger partial charge in [-0.2, -0.15) is 0 Å². The fraction of sp³-hybridized carbons (Fsp3) is 0.217. The molecule has 5 rings (SSSR count). The highest BCUT2D eigenvalue weighted by Gasteiger charge is 2.17. The van der Waals surface area contributed by atoms with Gasteiger partial charge in [0.05, 0.1) is 12.5 Å². The summed E-state index contributed by atoms with van der Waals surface area (Å²) < 4.78 is 5.30. The lowest BCUT2D eigenvalue weighted by Gasteiger charge is -2.21. The zero-order valence-corrected chi connectivity index (χ0v) is 13.7. The molecule has 1 heteroatoms. The molecule has 0 N–H and O–H groups in total. The predicted molar refractivity (Wildman–Crippen MR) is 99.6 cm³/mol. The Balaban J connectivity index is 1.86. The van der Waals surface area contributed by atoms with Crippen LogP contribution in [0.3, 0.4) is 0 Å². The Labute approximate surface area is 141 Å². The average molecular weight is 312 g/mol. The smallest absolute Gasteiger partial charge is 0.0937 e. The second kappa shape index (κ2) is 5.52. The molecule has 0 saturated carbocycles. The second-order valence-electron chi connectivity index (χ2n) is 6.90. The monoisotopic (exact) mass is 312 g/mol. The van der Waals surface area contributed by atoms with Crippen LogP contribution < -0.4 is 0 Å². The van der Waals surface area contributed by atoms with E-state index in [9.17, 15) is 0 Å². The normalized spacial score (nSPS) is 14.2. The summed E-state index contributed by atoms with van der Waals surface area (Å²) in [5, 5.41) is 5.61. The molecule has 118 valence electrons. The fourth-order valence-electron chi connectivity index (χ4n) is 4.30. The van der Waals surface area contributed by atoms with Crippen molar-refractivity contribution in [3.63, 3.8) is 0 Å². The number of benzene rings is 3. The Morgan fingerprint density at radius 2 is 1.79 bits per heavy atom. The van der Waals surface area contributed by atoms with Crippen LogP contribution in [0, 0.1) is 0 Å². The quantitative estimate of drug-likeness (QED) is 0.410. The van der Waals surface area contributed by atoms with Gasteiger partial charge in [-0.05, 0) is 75.5 Å². The van der Waals surface area contributed by atoms with E-state index in [2.05, 4.69) is 48.5 Å². The molecule has 1 aliphatic rings. The van der Waals surface area contributed by atoms with Crippen molar-refractivity contribution in [1.29, 1.82) is 0 Å². The van der Waals surface area contributed by atoms with Gasteiger partial charge >= 0.3 is 0 Å². The highest BCUT2D eigenvalue weighted by Crippen LogP contribution is 2.36. The number of furan rings is 1. The lowest BCUT2D eigenvalue weighted by atomic mass is 9.83. The number of hydrogen-bond donors (Lipinski definition) is 0. The average Bonchev–Trinajstić information content (AvgIpc) is 3.14. The van der Waals surface area contributed by atoms with E-state index in [0.717, 1.165) is 6.42 Å². The maximum Gasteiger partial charge on any atom is 0.0937 e. The Bertz CT molecular complexity index is 1020. The Morgan fingerprint density at radius 3 is 2.71 bits per heavy atom. The van der Waals surface area contributed by atoms with E-state index in [1.165, 1.54) is 58.4 Å². The van der Waals surface area contributed by atoms with Gasteiger partial charge in [-0.3, -0.25) is 0 Å². The van der Waals surface area contributed by atoms with Gasteiger partial charge in [0.2, 0.25) is 0 Å². The Kier molecular flexibility index (Phi) is 3.19. The van der Waals surface area contributed by atoms with Crippen molar-refractivity contribution in [3.8, 4) is 0 Å². The summed E-state index contributed by atoms with van der Waals surface area (Å²) in [7, 11) is 0. The molecule has 1 heterocycles. The third-order valence-electron chi connectivity index (χ3n) is 5.41. The minimum Gasteiger partial charge on any atom is -0.472 e. The third kappa shape index (κ3) is 2.16. The van der Waals surface area contributed by atoms with E-state index >= 15 is 0 Å². The Hall–Kier alpha value is -2.54. The summed E-state index contributed by atoms with van der Waals surface area (Å²) in [6.45, 7) is 0. The molecular formula is C23H20O. The van der Waals surface area contributed by atoms with Crippen LogP contribution in [0.15, 0.2) is 65.5 Å². The van der Waals surface area contributed by atoms with E-state index in [0.29, 0.717) is 0 Å². The SMILES string of the molecule is c1ccc2c(c1)cc(Cc1ccoc1)c1c3c(ccc12)CCCC3. The van der Waals surface area contributed by atoms with Crippen LogP contribution >= 0.6 is 0 Å². The first-order chi connectivity index (χ1) is 11.9. The van der Waals surface area contributed by atoms with Gasteiger partial charge in [0.1, 0.15) is 0 Å². The Morgan fingerprint density at radius 1 is 0.875 bits per heavy atom. The van der Waals surface area contributed by atoms with E-state index < -0.39 is 0 Å². The third-order valence-corrected chi connectivity index (χ3v) is 5.41. The van der Waals surface area contributed by atoms with Gasteiger partial charge in [0.25, 0.3) is 0 Å². The molecule has 0 atom stereocenters. The van der Waals surface area contributed by atoms with Crippen molar-refractivity contribution in [2.75, 3.05) is 0 Å². The van der Waals surface area contributed by atoms with E-state index in [4.69, 9.17) is 4.42 Å². The summed E-state index contributed by atoms with van der Waals surface area (Å²) in [6, 6.07) is 18.0. The van der Waals surface area contributed by atoms with Crippen LogP contribution in [0.25, 0.3) is 21.5 Å². The molecule has 0 saturated heterocycles. The maximum atomic E-state index is 5.30. The van der Waals surface area contributed by atoms with Gasteiger partial charge in [-0.15, -0.1) is 0 Å². The summed E-state index contributed by atoms with van der Waals surface area (Å²) in [5.74, 6) is 0. The molecule has 1 aromatic heterocycles. The highest BCUT2D eigenvalue weighted by atomic mass is 16.3. The number of fused-ring (bicyclic) bond motifs is 5. The molecular weight excluding hydrogens is 292 g/mol. The van der Waals surface area contributed by atoms with Crippen LogP contribution in [0.1, 0.15) is 35.1 Å². The molecule has 1 nitrogen and oxygen atoms in total. The molecule has 0 radical (unpaired) electrons. The van der Waals surface area contributed by atoms with Crippen molar-refractivity contribution < 1.29 is 4.42 Å². The lowest BCUT2D eigenvalue weighted by Crippen LogP contribution is -2.05. The molecule has 4 aromatic rings. The van der Waals surface area contributed by atoms with Crippen LogP contribution in [-0.2, 0) is 19.3 Å². The first-order valence-electron chi connectivity index (χ1n) is 8.86. The fourth-order valence-corrected chi connectivity index (χ4v) is 4.30. The van der Waals surface area contributed by atoms with Gasteiger partial charge < -0.3 is 4.42 Å². The van der Waals surface area contributed by atoms with Gasteiger partial charge in [-0.1, -0.05) is 42.5 Å². The van der Waals surface area contributed by atoms with Crippen molar-refractivity contribution in [1.82, 2.24) is 0 Å². The maximum absolute atomic E-state index is 5.30. The summed E-state index contributed by atoms with van der Waals surface area (Å²) in [5.41, 5.74) is 5.82. The standard InChI is InChI=1S/C23H20O/c1-4-8-21-17(5-1)9-10-22-20-7-3-2-6-18(20)14-19(23(21)22)13-16-11-12-24-15-16/h2-3,6-7,9-12,14-15H,1,4-5,8,13H2. The molecule has 1 aliphatic carbocycles. The van der Waals surface area contributed by atoms with Gasteiger partial charge in [-0.25, -0.2) is 0 Å². The van der Waals surface area contributed by atoms with E-state index in [-0.39, 0.29) is 0 Å². The van der Waals surface area contributed by atoms with Crippen LogP contribution in [0.5, 0.6) is 0 Å². The van der Waals surface area contributed by atoms with E-state index in [1.807, 2.05) is 6.26 Å². The van der Waals surface area contributed by atoms with Crippen LogP contribution in [0.4, 0.5) is 0 Å². The molecule has 24 heavy (non-hydrogen) atoms. The van der Waals surface area contributed by atoms with Crippen molar-refractivity contribution in [3.05, 3.63) is 83.3 Å². The highest BCUT2D eigenvalue weighted by molar-refractivity contribution is 6.10. The van der Waals surface area contributed by atoms with E-state index in [1.54, 1.807) is 17.4 Å². The minimum atomic E-state index is 0.939. The van der Waals surface area contributed by atoms with Crippen LogP contribution in [0.2, 0.25) is 0 Å². The lowest BCUT2D eigenvalue weighted by molar-refractivity contribution is 0.564. The summed E-state index contributed by atoms with van der Waals surface area (Å²) in [4.78, 5) is 0. The van der Waals surface area contributed by atoms with Gasteiger partial charge in [0.15, 0.2) is 0 Å². The van der Waals surface area contributed by atoms with Crippen molar-refractivity contribution in [2.24, 2.45) is 0 Å². The minimum absolute atomic E-state index is 0.939. The van der Waals surface area contributed by atoms with Crippen LogP contribution in [-0.4, -0.2) is 0 Å². The number of hydrogen-bond acceptors (Lipinski definition) is 1. The zero-order chi connectivity index (χ0) is 15.9. The number of rotatable bonds is 2. The molecule has 0 spiro atoms. The largest absolute Gasteiger partial charge is 0.472 e. The molecule has 0 bridgehead atoms. The zero-order valence-electron chi connectivity index (χ0n) is 13.7. The number of aryl methyl sites for hydroxylation is 2. The topological polar surface area (TPSA) is 13.1 Å². The molecule has 0 aliphatic heterocycles.